The van der Waals surface area contributed by atoms with Gasteiger partial charge in [0.1, 0.15) is 11.5 Å². The van der Waals surface area contributed by atoms with E-state index in [1.807, 2.05) is 44.4 Å². The van der Waals surface area contributed by atoms with Crippen molar-refractivity contribution in [3.63, 3.8) is 0 Å². The summed E-state index contributed by atoms with van der Waals surface area (Å²) < 4.78 is 17.0. The van der Waals surface area contributed by atoms with Crippen molar-refractivity contribution < 1.29 is 14.0 Å². The smallest absolute Gasteiger partial charge is 0.137 e. The molecule has 158 valence electrons. The lowest BCUT2D eigenvalue weighted by Gasteiger charge is -2.32. The maximum absolute atomic E-state index is 5.92. The zero-order valence-electron chi connectivity index (χ0n) is 17.7. The van der Waals surface area contributed by atoms with Gasteiger partial charge in [0.05, 0.1) is 25.5 Å². The lowest BCUT2D eigenvalue weighted by molar-refractivity contribution is 0.127. The number of nitrogens with zero attached hydrogens (tertiary/aromatic N) is 3. The van der Waals surface area contributed by atoms with Crippen LogP contribution < -0.4 is 4.74 Å². The van der Waals surface area contributed by atoms with E-state index < -0.39 is 0 Å². The second-order valence-electron chi connectivity index (χ2n) is 7.84. The van der Waals surface area contributed by atoms with Crippen molar-refractivity contribution in [1.82, 2.24) is 15.0 Å². The van der Waals surface area contributed by atoms with Gasteiger partial charge in [0.25, 0.3) is 0 Å². The van der Waals surface area contributed by atoms with E-state index in [0.29, 0.717) is 18.6 Å². The van der Waals surface area contributed by atoms with Gasteiger partial charge >= 0.3 is 0 Å². The minimum Gasteiger partial charge on any atom is -0.494 e. The third-order valence-electron chi connectivity index (χ3n) is 5.53. The van der Waals surface area contributed by atoms with Crippen LogP contribution in [-0.4, -0.2) is 40.9 Å². The fourth-order valence-electron chi connectivity index (χ4n) is 4.06. The third kappa shape index (κ3) is 5.26. The predicted molar refractivity (Wildman–Crippen MR) is 114 cm³/mol. The maximum Gasteiger partial charge on any atom is 0.137 e. The molecule has 1 saturated heterocycles. The molecule has 0 aliphatic carbocycles. The normalized spacial score (nSPS) is 18.8. The minimum absolute atomic E-state index is 0.301. The monoisotopic (exact) mass is 407 g/mol. The van der Waals surface area contributed by atoms with Gasteiger partial charge in [-0.25, -0.2) is 0 Å². The van der Waals surface area contributed by atoms with Crippen LogP contribution >= 0.6 is 0 Å². The summed E-state index contributed by atoms with van der Waals surface area (Å²) in [7, 11) is 0. The number of hydrogen-bond donors (Lipinski definition) is 0. The van der Waals surface area contributed by atoms with E-state index >= 15 is 0 Å². The molecule has 0 N–H and O–H groups in total. The Kier molecular flexibility index (Phi) is 6.77. The lowest BCUT2D eigenvalue weighted by Crippen LogP contribution is -2.40. The van der Waals surface area contributed by atoms with Crippen LogP contribution in [0.5, 0.6) is 5.75 Å². The molecule has 2 aromatic heterocycles. The van der Waals surface area contributed by atoms with Crippen LogP contribution in [0.2, 0.25) is 0 Å². The summed E-state index contributed by atoms with van der Waals surface area (Å²) in [5.41, 5.74) is 3.43. The highest BCUT2D eigenvalue weighted by Gasteiger charge is 2.34. The van der Waals surface area contributed by atoms with Crippen molar-refractivity contribution in [2.75, 3.05) is 19.8 Å². The Labute approximate surface area is 177 Å². The SMILES string of the molecule is CCOc1ccc(CN(Cc2ccncc2)[C@@H]2COC[C@H]2Cc2cc(C)no2)cc1. The van der Waals surface area contributed by atoms with Crippen molar-refractivity contribution in [3.8, 4) is 5.75 Å². The molecule has 3 heterocycles. The van der Waals surface area contributed by atoms with Crippen LogP contribution in [0.15, 0.2) is 59.4 Å². The minimum atomic E-state index is 0.301. The van der Waals surface area contributed by atoms with E-state index in [2.05, 4.69) is 39.3 Å². The number of aryl methyl sites for hydroxylation is 1. The summed E-state index contributed by atoms with van der Waals surface area (Å²) in [6.45, 7) is 7.78. The standard InChI is InChI=1S/C24H29N3O3/c1-3-29-22-6-4-19(5-7-22)14-27(15-20-8-10-25-11-9-20)24-17-28-16-21(24)13-23-12-18(2)26-30-23/h4-12,21,24H,3,13-17H2,1-2H3/t21-,24-/m1/s1. The number of hydrogen-bond acceptors (Lipinski definition) is 6. The van der Waals surface area contributed by atoms with Gasteiger partial charge in [-0.3, -0.25) is 9.88 Å². The summed E-state index contributed by atoms with van der Waals surface area (Å²) in [5, 5.41) is 4.04. The zero-order valence-corrected chi connectivity index (χ0v) is 17.7. The Bertz CT molecular complexity index is 911. The molecule has 30 heavy (non-hydrogen) atoms. The van der Waals surface area contributed by atoms with Gasteiger partial charge < -0.3 is 14.0 Å². The third-order valence-corrected chi connectivity index (χ3v) is 5.53. The molecule has 0 spiro atoms. The molecule has 6 nitrogen and oxygen atoms in total. The van der Waals surface area contributed by atoms with Gasteiger partial charge in [0.2, 0.25) is 0 Å². The molecule has 0 unspecified atom stereocenters. The van der Waals surface area contributed by atoms with Crippen LogP contribution in [-0.2, 0) is 24.2 Å². The molecule has 1 fully saturated rings. The number of aromatic nitrogens is 2. The highest BCUT2D eigenvalue weighted by molar-refractivity contribution is 5.27. The lowest BCUT2D eigenvalue weighted by atomic mass is 9.95. The summed E-state index contributed by atoms with van der Waals surface area (Å²) in [6.07, 6.45) is 4.54. The second-order valence-corrected chi connectivity index (χ2v) is 7.84. The van der Waals surface area contributed by atoms with Crippen LogP contribution in [0.1, 0.15) is 29.5 Å². The zero-order chi connectivity index (χ0) is 20.8. The van der Waals surface area contributed by atoms with E-state index in [0.717, 1.165) is 49.9 Å². The molecule has 2 atom stereocenters. The molecule has 3 aromatic rings. The van der Waals surface area contributed by atoms with Gasteiger partial charge in [-0.15, -0.1) is 0 Å². The first-order valence-electron chi connectivity index (χ1n) is 10.6. The summed E-state index contributed by atoms with van der Waals surface area (Å²) in [6, 6.07) is 14.9. The van der Waals surface area contributed by atoms with E-state index in [1.165, 1.54) is 11.1 Å². The fourth-order valence-corrected chi connectivity index (χ4v) is 4.06. The molecule has 0 bridgehead atoms. The Morgan fingerprint density at radius 1 is 1.03 bits per heavy atom. The molecule has 1 aliphatic rings. The van der Waals surface area contributed by atoms with Gasteiger partial charge in [0.15, 0.2) is 0 Å². The number of pyridine rings is 1. The van der Waals surface area contributed by atoms with E-state index in [4.69, 9.17) is 14.0 Å². The average Bonchev–Trinajstić information content (AvgIpc) is 3.39. The summed E-state index contributed by atoms with van der Waals surface area (Å²) in [5.74, 6) is 2.20. The molecule has 0 saturated carbocycles. The number of rotatable bonds is 9. The van der Waals surface area contributed by atoms with Crippen LogP contribution in [0.25, 0.3) is 0 Å². The average molecular weight is 408 g/mol. The molecular weight excluding hydrogens is 378 g/mol. The summed E-state index contributed by atoms with van der Waals surface area (Å²) >= 11 is 0. The van der Waals surface area contributed by atoms with E-state index in [1.54, 1.807) is 0 Å². The molecule has 4 rings (SSSR count). The van der Waals surface area contributed by atoms with Crippen molar-refractivity contribution >= 4 is 0 Å². The highest BCUT2D eigenvalue weighted by atomic mass is 16.5. The number of benzene rings is 1. The quantitative estimate of drug-likeness (QED) is 0.534. The van der Waals surface area contributed by atoms with Crippen molar-refractivity contribution in [3.05, 3.63) is 77.4 Å². The maximum atomic E-state index is 5.92. The first kappa shape index (κ1) is 20.6. The van der Waals surface area contributed by atoms with Crippen molar-refractivity contribution in [1.29, 1.82) is 0 Å². The molecule has 1 aromatic carbocycles. The molecular formula is C24H29N3O3. The van der Waals surface area contributed by atoms with Gasteiger partial charge in [0, 0.05) is 49.9 Å². The van der Waals surface area contributed by atoms with E-state index in [9.17, 15) is 0 Å². The molecule has 0 amide bonds. The first-order valence-corrected chi connectivity index (χ1v) is 10.6. The van der Waals surface area contributed by atoms with Crippen molar-refractivity contribution in [2.45, 2.75) is 39.4 Å². The fraction of sp³-hybridized carbons (Fsp3) is 0.417. The first-order chi connectivity index (χ1) is 14.7. The Balaban J connectivity index is 1.52. The second kappa shape index (κ2) is 9.87. The van der Waals surface area contributed by atoms with E-state index in [-0.39, 0.29) is 0 Å². The predicted octanol–water partition coefficient (Wildman–Crippen LogP) is 4.04. The van der Waals surface area contributed by atoms with Crippen LogP contribution in [0, 0.1) is 12.8 Å². The van der Waals surface area contributed by atoms with Gasteiger partial charge in [-0.1, -0.05) is 17.3 Å². The number of ether oxygens (including phenoxy) is 2. The molecule has 0 radical (unpaired) electrons. The van der Waals surface area contributed by atoms with Gasteiger partial charge in [-0.05, 0) is 49.2 Å². The Morgan fingerprint density at radius 3 is 2.43 bits per heavy atom. The van der Waals surface area contributed by atoms with Crippen molar-refractivity contribution in [2.24, 2.45) is 5.92 Å². The molecule has 6 heteroatoms. The van der Waals surface area contributed by atoms with Gasteiger partial charge in [-0.2, -0.15) is 0 Å². The Morgan fingerprint density at radius 2 is 1.77 bits per heavy atom. The summed E-state index contributed by atoms with van der Waals surface area (Å²) in [4.78, 5) is 6.66. The largest absolute Gasteiger partial charge is 0.494 e. The highest BCUT2D eigenvalue weighted by Crippen LogP contribution is 2.27. The topological polar surface area (TPSA) is 60.6 Å². The Hall–Kier alpha value is -2.70. The van der Waals surface area contributed by atoms with Crippen LogP contribution in [0.3, 0.4) is 0 Å². The van der Waals surface area contributed by atoms with Crippen LogP contribution in [0.4, 0.5) is 0 Å². The molecule has 1 aliphatic heterocycles.